The first-order valence-electron chi connectivity index (χ1n) is 9.08. The van der Waals surface area contributed by atoms with E-state index < -0.39 is 35.7 Å². The second-order valence-corrected chi connectivity index (χ2v) is 6.77. The topological polar surface area (TPSA) is 95.6 Å². The van der Waals surface area contributed by atoms with Gasteiger partial charge >= 0.3 is 6.03 Å². The summed E-state index contributed by atoms with van der Waals surface area (Å²) in [5.74, 6) is -1.68. The molecule has 150 valence electrons. The highest BCUT2D eigenvalue weighted by Crippen LogP contribution is 2.32. The number of nitrogens with one attached hydrogen (secondary N) is 2. The SMILES string of the molecule is CC[C@@]1(c2ccc(F)cc2)NC(=O)N(CC(=O)Nc2ccc(C(C)=O)cc2)C1=O. The lowest BCUT2D eigenvalue weighted by atomic mass is 9.87. The molecule has 8 heteroatoms. The number of carbonyl (C=O) groups is 4. The second-order valence-electron chi connectivity index (χ2n) is 6.77. The number of nitrogens with zero attached hydrogens (tertiary/aromatic N) is 1. The van der Waals surface area contributed by atoms with Gasteiger partial charge in [0.2, 0.25) is 5.91 Å². The molecule has 1 aliphatic heterocycles. The fourth-order valence-electron chi connectivity index (χ4n) is 3.28. The number of benzene rings is 2. The van der Waals surface area contributed by atoms with E-state index in [1.807, 2.05) is 0 Å². The van der Waals surface area contributed by atoms with Crippen molar-refractivity contribution in [3.05, 3.63) is 65.5 Å². The zero-order chi connectivity index (χ0) is 21.2. The Morgan fingerprint density at radius 2 is 1.69 bits per heavy atom. The van der Waals surface area contributed by atoms with Crippen LogP contribution in [-0.4, -0.2) is 35.1 Å². The van der Waals surface area contributed by atoms with Crippen LogP contribution < -0.4 is 10.6 Å². The van der Waals surface area contributed by atoms with Gasteiger partial charge in [-0.3, -0.25) is 19.3 Å². The Hall–Kier alpha value is -3.55. The molecular weight excluding hydrogens is 377 g/mol. The first-order chi connectivity index (χ1) is 13.8. The molecule has 1 heterocycles. The van der Waals surface area contributed by atoms with Gasteiger partial charge in [0.05, 0.1) is 0 Å². The number of urea groups is 1. The number of carbonyl (C=O) groups excluding carboxylic acids is 4. The lowest BCUT2D eigenvalue weighted by molar-refractivity contribution is -0.134. The molecule has 0 unspecified atom stereocenters. The lowest BCUT2D eigenvalue weighted by Gasteiger charge is -2.25. The van der Waals surface area contributed by atoms with E-state index in [0.717, 1.165) is 4.90 Å². The van der Waals surface area contributed by atoms with Crippen LogP contribution in [0.2, 0.25) is 0 Å². The Labute approximate surface area is 166 Å². The highest BCUT2D eigenvalue weighted by atomic mass is 19.1. The van der Waals surface area contributed by atoms with Crippen molar-refractivity contribution < 1.29 is 23.6 Å². The first kappa shape index (κ1) is 20.2. The van der Waals surface area contributed by atoms with Gasteiger partial charge < -0.3 is 10.6 Å². The number of rotatable bonds is 6. The summed E-state index contributed by atoms with van der Waals surface area (Å²) in [6.07, 6.45) is 0.244. The minimum Gasteiger partial charge on any atom is -0.325 e. The second kappa shape index (κ2) is 7.83. The van der Waals surface area contributed by atoms with E-state index in [1.54, 1.807) is 31.2 Å². The largest absolute Gasteiger partial charge is 0.325 e. The van der Waals surface area contributed by atoms with Crippen molar-refractivity contribution in [2.75, 3.05) is 11.9 Å². The standard InChI is InChI=1S/C21H20FN3O4/c1-3-21(15-6-8-16(22)9-7-15)19(28)25(20(29)24-21)12-18(27)23-17-10-4-14(5-11-17)13(2)26/h4-11H,3,12H2,1-2H3,(H,23,27)(H,24,29)/t21-/m0/s1. The summed E-state index contributed by atoms with van der Waals surface area (Å²) < 4.78 is 13.2. The number of Topliss-reactive ketones (excluding diaryl/α,β-unsaturated/α-hetero) is 1. The molecule has 7 nitrogen and oxygen atoms in total. The fourth-order valence-corrected chi connectivity index (χ4v) is 3.28. The van der Waals surface area contributed by atoms with Crippen LogP contribution in [0.1, 0.15) is 36.2 Å². The van der Waals surface area contributed by atoms with Crippen molar-refractivity contribution in [1.29, 1.82) is 0 Å². The number of ketones is 1. The Balaban J connectivity index is 1.74. The van der Waals surface area contributed by atoms with Crippen LogP contribution in [0.5, 0.6) is 0 Å². The van der Waals surface area contributed by atoms with Crippen molar-refractivity contribution in [3.63, 3.8) is 0 Å². The van der Waals surface area contributed by atoms with E-state index in [1.165, 1.54) is 31.2 Å². The van der Waals surface area contributed by atoms with Crippen molar-refractivity contribution in [3.8, 4) is 0 Å². The molecule has 0 bridgehead atoms. The Morgan fingerprint density at radius 3 is 2.24 bits per heavy atom. The summed E-state index contributed by atoms with van der Waals surface area (Å²) in [6.45, 7) is 2.69. The zero-order valence-corrected chi connectivity index (χ0v) is 16.0. The van der Waals surface area contributed by atoms with E-state index in [4.69, 9.17) is 0 Å². The third-order valence-corrected chi connectivity index (χ3v) is 4.92. The van der Waals surface area contributed by atoms with Crippen molar-refractivity contribution in [1.82, 2.24) is 10.2 Å². The van der Waals surface area contributed by atoms with E-state index in [0.29, 0.717) is 16.8 Å². The number of amides is 4. The molecule has 1 atom stereocenters. The molecule has 29 heavy (non-hydrogen) atoms. The molecular formula is C21H20FN3O4. The van der Waals surface area contributed by atoms with Crippen molar-refractivity contribution in [2.45, 2.75) is 25.8 Å². The zero-order valence-electron chi connectivity index (χ0n) is 16.0. The maximum absolute atomic E-state index is 13.2. The van der Waals surface area contributed by atoms with Gasteiger partial charge in [0.1, 0.15) is 17.9 Å². The Morgan fingerprint density at radius 1 is 1.07 bits per heavy atom. The predicted molar refractivity (Wildman–Crippen MR) is 104 cm³/mol. The quantitative estimate of drug-likeness (QED) is 0.579. The monoisotopic (exact) mass is 397 g/mol. The summed E-state index contributed by atoms with van der Waals surface area (Å²) in [5.41, 5.74) is 0.0488. The summed E-state index contributed by atoms with van der Waals surface area (Å²) in [7, 11) is 0. The number of imide groups is 1. The average Bonchev–Trinajstić information content (AvgIpc) is 2.94. The normalized spacial score (nSPS) is 18.5. The molecule has 0 aromatic heterocycles. The van der Waals surface area contributed by atoms with E-state index in [9.17, 15) is 23.6 Å². The van der Waals surface area contributed by atoms with Crippen LogP contribution in [0, 0.1) is 5.82 Å². The fraction of sp³-hybridized carbons (Fsp3) is 0.238. The van der Waals surface area contributed by atoms with Crippen LogP contribution in [-0.2, 0) is 15.1 Å². The van der Waals surface area contributed by atoms with Crippen LogP contribution in [0.25, 0.3) is 0 Å². The molecule has 3 rings (SSSR count). The molecule has 1 fully saturated rings. The van der Waals surface area contributed by atoms with Crippen LogP contribution >= 0.6 is 0 Å². The highest BCUT2D eigenvalue weighted by Gasteiger charge is 2.51. The van der Waals surface area contributed by atoms with Gasteiger partial charge in [0, 0.05) is 11.3 Å². The van der Waals surface area contributed by atoms with E-state index in [-0.39, 0.29) is 12.2 Å². The maximum Gasteiger partial charge on any atom is 0.325 e. The van der Waals surface area contributed by atoms with Gasteiger partial charge in [-0.05, 0) is 55.3 Å². The lowest BCUT2D eigenvalue weighted by Crippen LogP contribution is -2.44. The molecule has 1 saturated heterocycles. The summed E-state index contributed by atoms with van der Waals surface area (Å²) in [6, 6.07) is 10.9. The number of hydrogen-bond acceptors (Lipinski definition) is 4. The molecule has 1 aliphatic rings. The van der Waals surface area contributed by atoms with Gasteiger partial charge in [0.15, 0.2) is 5.78 Å². The van der Waals surface area contributed by atoms with Crippen molar-refractivity contribution >= 4 is 29.3 Å². The number of halogens is 1. The average molecular weight is 397 g/mol. The summed E-state index contributed by atoms with van der Waals surface area (Å²) >= 11 is 0. The Kier molecular flexibility index (Phi) is 5.45. The minimum absolute atomic E-state index is 0.0982. The van der Waals surface area contributed by atoms with Crippen molar-refractivity contribution in [2.24, 2.45) is 0 Å². The third kappa shape index (κ3) is 3.87. The molecule has 0 saturated carbocycles. The number of hydrogen-bond donors (Lipinski definition) is 2. The minimum atomic E-state index is -1.34. The predicted octanol–water partition coefficient (Wildman–Crippen LogP) is 2.82. The van der Waals surface area contributed by atoms with Crippen LogP contribution in [0.3, 0.4) is 0 Å². The molecule has 2 N–H and O–H groups in total. The molecule has 0 aliphatic carbocycles. The van der Waals surface area contributed by atoms with Gasteiger partial charge in [-0.15, -0.1) is 0 Å². The highest BCUT2D eigenvalue weighted by molar-refractivity contribution is 6.10. The summed E-state index contributed by atoms with van der Waals surface area (Å²) in [4.78, 5) is 49.9. The van der Waals surface area contributed by atoms with Crippen LogP contribution in [0.15, 0.2) is 48.5 Å². The van der Waals surface area contributed by atoms with Gasteiger partial charge in [0.25, 0.3) is 5.91 Å². The molecule has 0 radical (unpaired) electrons. The van der Waals surface area contributed by atoms with Gasteiger partial charge in [-0.2, -0.15) is 0 Å². The van der Waals surface area contributed by atoms with Gasteiger partial charge in [-0.1, -0.05) is 19.1 Å². The van der Waals surface area contributed by atoms with E-state index in [2.05, 4.69) is 10.6 Å². The first-order valence-corrected chi connectivity index (χ1v) is 9.08. The Bertz CT molecular complexity index is 972. The molecule has 2 aromatic carbocycles. The third-order valence-electron chi connectivity index (χ3n) is 4.92. The smallest absolute Gasteiger partial charge is 0.325 e. The van der Waals surface area contributed by atoms with Crippen LogP contribution in [0.4, 0.5) is 14.9 Å². The maximum atomic E-state index is 13.2. The molecule has 0 spiro atoms. The molecule has 4 amide bonds. The number of anilines is 1. The summed E-state index contributed by atoms with van der Waals surface area (Å²) in [5, 5.41) is 5.23. The van der Waals surface area contributed by atoms with Gasteiger partial charge in [-0.25, -0.2) is 9.18 Å². The van der Waals surface area contributed by atoms with E-state index >= 15 is 0 Å². The molecule has 2 aromatic rings.